The first-order chi connectivity index (χ1) is 20.4. The van der Waals surface area contributed by atoms with Crippen LogP contribution < -0.4 is 9.47 Å². The van der Waals surface area contributed by atoms with Crippen LogP contribution >= 0.6 is 23.5 Å². The Bertz CT molecular complexity index is 1160. The van der Waals surface area contributed by atoms with E-state index in [4.69, 9.17) is 22.6 Å². The summed E-state index contributed by atoms with van der Waals surface area (Å²) in [5.74, 6) is 2.70. The molecule has 0 bridgehead atoms. The lowest BCUT2D eigenvalue weighted by atomic mass is 9.82. The fraction of sp³-hybridized carbons (Fsp3) is 0.559. The van der Waals surface area contributed by atoms with Crippen LogP contribution in [-0.2, 0) is 9.53 Å². The van der Waals surface area contributed by atoms with E-state index in [1.165, 1.54) is 49.9 Å². The highest BCUT2D eigenvalue weighted by Gasteiger charge is 2.47. The first-order valence-electron chi connectivity index (χ1n) is 14.9. The number of nitrogens with zero attached hydrogens (tertiary/aromatic N) is 2. The molecule has 2 aliphatic carbocycles. The van der Waals surface area contributed by atoms with Gasteiger partial charge in [-0.25, -0.2) is 17.9 Å². The van der Waals surface area contributed by atoms with Gasteiger partial charge in [0.1, 0.15) is 11.5 Å². The molecule has 0 spiro atoms. The molecule has 228 valence electrons. The molecule has 2 fully saturated rings. The summed E-state index contributed by atoms with van der Waals surface area (Å²) in [6.45, 7) is 16.7. The van der Waals surface area contributed by atoms with Gasteiger partial charge < -0.3 is 14.2 Å². The molecular weight excluding hydrogens is 565 g/mol. The fourth-order valence-electron chi connectivity index (χ4n) is 5.00. The van der Waals surface area contributed by atoms with Gasteiger partial charge in [0, 0.05) is 30.6 Å². The number of unbranched alkanes of at least 4 members (excludes halogenated alkanes) is 1. The fourth-order valence-corrected chi connectivity index (χ4v) is 7.47. The number of esters is 1. The van der Waals surface area contributed by atoms with E-state index in [0.717, 1.165) is 48.5 Å². The van der Waals surface area contributed by atoms with Gasteiger partial charge in [0.2, 0.25) is 0 Å². The van der Waals surface area contributed by atoms with E-state index < -0.39 is 5.54 Å². The zero-order valence-electron chi connectivity index (χ0n) is 25.7. The third-order valence-electron chi connectivity index (χ3n) is 7.49. The number of carbonyl (C=O) groups is 1. The average Bonchev–Trinajstić information content (AvgIpc) is 3.06. The summed E-state index contributed by atoms with van der Waals surface area (Å²) in [7, 11) is 4.76. The first kappa shape index (κ1) is 35.4. The van der Waals surface area contributed by atoms with Crippen molar-refractivity contribution in [1.29, 1.82) is 0 Å². The van der Waals surface area contributed by atoms with E-state index in [1.807, 2.05) is 48.2 Å². The van der Waals surface area contributed by atoms with Crippen LogP contribution in [0.4, 0.5) is 0 Å². The van der Waals surface area contributed by atoms with Gasteiger partial charge in [-0.05, 0) is 73.9 Å². The van der Waals surface area contributed by atoms with Gasteiger partial charge in [-0.15, -0.1) is 11.8 Å². The molecule has 2 aliphatic rings. The van der Waals surface area contributed by atoms with Crippen molar-refractivity contribution in [2.24, 2.45) is 0 Å². The number of rotatable bonds is 9. The van der Waals surface area contributed by atoms with Crippen molar-refractivity contribution in [2.75, 3.05) is 27.1 Å². The van der Waals surface area contributed by atoms with Gasteiger partial charge in [-0.2, -0.15) is 0 Å². The molecule has 2 aromatic carbocycles. The Balaban J connectivity index is 0.000000225. The van der Waals surface area contributed by atoms with Crippen LogP contribution in [0.3, 0.4) is 0 Å². The van der Waals surface area contributed by atoms with E-state index >= 15 is 0 Å². The second-order valence-corrected chi connectivity index (χ2v) is 13.0. The predicted molar refractivity (Wildman–Crippen MR) is 174 cm³/mol. The van der Waals surface area contributed by atoms with Crippen LogP contribution in [-0.4, -0.2) is 43.5 Å². The van der Waals surface area contributed by atoms with Crippen LogP contribution in [0.1, 0.15) is 84.0 Å². The summed E-state index contributed by atoms with van der Waals surface area (Å²) >= 11 is 3.56. The second kappa shape index (κ2) is 19.4. The van der Waals surface area contributed by atoms with Crippen molar-refractivity contribution in [3.8, 4) is 11.5 Å². The molecule has 0 aliphatic heterocycles. The Morgan fingerprint density at radius 1 is 0.786 bits per heavy atom. The maximum atomic E-state index is 11.3. The van der Waals surface area contributed by atoms with Crippen molar-refractivity contribution >= 4 is 29.5 Å². The minimum atomic E-state index is -0.840. The molecule has 0 unspecified atom stereocenters. The number of para-hydroxylation sites is 2. The molecule has 0 aromatic heterocycles. The molecule has 0 saturated heterocycles. The standard InChI is InChI=1S/C14H17NOS.C11H16OS.C9H13NO2/c1-15-14(10-6-3-7-11-14)17-13-9-5-4-8-12(13)16-2;1-3-4-9-13-11-8-6-5-7-10(11)12-2;1-10-9(8(11)12-2)6-4-3-5-7-9/h4-5,8-9H,3,6-7,10-11H2,2H3;5-8H,3-4,9H2,1-2H3;3-7H2,2H3. The molecule has 2 aromatic rings. The molecule has 0 atom stereocenters. The highest BCUT2D eigenvalue weighted by atomic mass is 32.2. The largest absolute Gasteiger partial charge is 0.496 e. The Hall–Kier alpha value is -2.81. The third kappa shape index (κ3) is 10.8. The van der Waals surface area contributed by atoms with Crippen LogP contribution in [0.25, 0.3) is 9.69 Å². The normalized spacial score (nSPS) is 16.5. The molecule has 0 heterocycles. The quantitative estimate of drug-likeness (QED) is 0.122. The Labute approximate surface area is 261 Å². The number of ether oxygens (including phenoxy) is 3. The second-order valence-electron chi connectivity index (χ2n) is 10.4. The molecule has 6 nitrogen and oxygen atoms in total. The maximum absolute atomic E-state index is 11.3. The van der Waals surface area contributed by atoms with Gasteiger partial charge in [0.15, 0.2) is 0 Å². The minimum Gasteiger partial charge on any atom is -0.496 e. The number of hydrogen-bond acceptors (Lipinski definition) is 6. The zero-order chi connectivity index (χ0) is 30.7. The summed E-state index contributed by atoms with van der Waals surface area (Å²) < 4.78 is 15.2. The summed E-state index contributed by atoms with van der Waals surface area (Å²) in [6.07, 6.45) is 12.5. The van der Waals surface area contributed by atoms with Crippen molar-refractivity contribution < 1.29 is 19.0 Å². The van der Waals surface area contributed by atoms with E-state index in [1.54, 1.807) is 26.0 Å². The van der Waals surface area contributed by atoms with Crippen molar-refractivity contribution in [3.63, 3.8) is 0 Å². The molecule has 8 heteroatoms. The topological polar surface area (TPSA) is 53.5 Å². The van der Waals surface area contributed by atoms with Crippen LogP contribution in [0.5, 0.6) is 11.5 Å². The summed E-state index contributed by atoms with van der Waals surface area (Å²) in [5, 5.41) is 0. The highest BCUT2D eigenvalue weighted by Crippen LogP contribution is 2.47. The Morgan fingerprint density at radius 2 is 1.31 bits per heavy atom. The van der Waals surface area contributed by atoms with Crippen molar-refractivity contribution in [2.45, 2.75) is 104 Å². The highest BCUT2D eigenvalue weighted by molar-refractivity contribution is 8.01. The van der Waals surface area contributed by atoms with Gasteiger partial charge in [-0.1, -0.05) is 50.5 Å². The smallest absolute Gasteiger partial charge is 0.393 e. The van der Waals surface area contributed by atoms with Crippen molar-refractivity contribution in [3.05, 3.63) is 71.4 Å². The van der Waals surface area contributed by atoms with E-state index in [0.29, 0.717) is 12.8 Å². The van der Waals surface area contributed by atoms with Gasteiger partial charge in [-0.3, -0.25) is 9.69 Å². The lowest BCUT2D eigenvalue weighted by Crippen LogP contribution is -2.38. The van der Waals surface area contributed by atoms with Gasteiger partial charge in [0.25, 0.3) is 4.87 Å². The van der Waals surface area contributed by atoms with Gasteiger partial charge in [0.05, 0.1) is 26.2 Å². The summed E-state index contributed by atoms with van der Waals surface area (Å²) in [5.41, 5.74) is -0.840. The monoisotopic (exact) mass is 610 g/mol. The van der Waals surface area contributed by atoms with Gasteiger partial charge >= 0.3 is 11.5 Å². The van der Waals surface area contributed by atoms with Crippen molar-refractivity contribution in [1.82, 2.24) is 0 Å². The van der Waals surface area contributed by atoms with E-state index in [9.17, 15) is 4.79 Å². The maximum Gasteiger partial charge on any atom is 0.393 e. The van der Waals surface area contributed by atoms with Crippen LogP contribution in [0, 0.1) is 13.1 Å². The lowest BCUT2D eigenvalue weighted by Gasteiger charge is -2.25. The number of thioether (sulfide) groups is 2. The molecule has 4 rings (SSSR count). The molecular formula is C34H46N2O4S2. The van der Waals surface area contributed by atoms with E-state index in [2.05, 4.69) is 33.5 Å². The predicted octanol–water partition coefficient (Wildman–Crippen LogP) is 9.74. The number of benzene rings is 2. The summed E-state index contributed by atoms with van der Waals surface area (Å²) in [6, 6.07) is 16.2. The van der Waals surface area contributed by atoms with E-state index in [-0.39, 0.29) is 10.8 Å². The van der Waals surface area contributed by atoms with Crippen LogP contribution in [0.15, 0.2) is 58.3 Å². The Morgan fingerprint density at radius 3 is 1.81 bits per heavy atom. The molecule has 2 saturated carbocycles. The molecule has 0 N–H and O–H groups in total. The summed E-state index contributed by atoms with van der Waals surface area (Å²) in [4.78, 5) is 20.7. The number of methoxy groups -OCH3 is 3. The molecule has 0 radical (unpaired) electrons. The first-order valence-corrected chi connectivity index (χ1v) is 16.7. The van der Waals surface area contributed by atoms with Crippen LogP contribution in [0.2, 0.25) is 0 Å². The SMILES string of the molecule is CCCCSc1ccccc1OC.[C-]#[N+]C1(C(=O)OC)CCCCC1.[C-]#[N+]C1(Sc2ccccc2OC)CCCCC1. The molecule has 42 heavy (non-hydrogen) atoms. The Kier molecular flexibility index (Phi) is 16.3. The third-order valence-corrected chi connectivity index (χ3v) is 10.1. The minimum absolute atomic E-state index is 0.257. The number of hydrogen-bond donors (Lipinski definition) is 0. The molecule has 0 amide bonds. The lowest BCUT2D eigenvalue weighted by molar-refractivity contribution is -0.146. The number of carbonyl (C=O) groups excluding carboxylic acids is 1. The zero-order valence-corrected chi connectivity index (χ0v) is 27.3. The average molecular weight is 611 g/mol.